The van der Waals surface area contributed by atoms with Gasteiger partial charge >= 0.3 is 0 Å². The Balaban J connectivity index is 2.41. The molecule has 39 heavy (non-hydrogen) atoms. The van der Waals surface area contributed by atoms with Crippen molar-refractivity contribution in [2.45, 2.75) is 48.5 Å². The van der Waals surface area contributed by atoms with E-state index in [1.807, 2.05) is 25.1 Å². The number of benzene rings is 2. The number of hydrogen-bond donors (Lipinski definition) is 0. The Kier molecular flexibility index (Phi) is 13.1. The molecule has 2 rings (SSSR count). The smallest absolute Gasteiger partial charge is 0.0458 e. The second-order valence-electron chi connectivity index (χ2n) is 9.18. The highest BCUT2D eigenvalue weighted by Crippen LogP contribution is 2.27. The Morgan fingerprint density at radius 2 is 1.00 bits per heavy atom. The highest BCUT2D eigenvalue weighted by atomic mass is 15.2. The van der Waals surface area contributed by atoms with Crippen LogP contribution < -0.4 is 9.80 Å². The van der Waals surface area contributed by atoms with Gasteiger partial charge in [0, 0.05) is 34.2 Å². The molecule has 0 saturated carbocycles. The van der Waals surface area contributed by atoms with E-state index in [4.69, 9.17) is 0 Å². The van der Waals surface area contributed by atoms with Gasteiger partial charge in [-0.2, -0.15) is 0 Å². The van der Waals surface area contributed by atoms with Crippen LogP contribution in [0.15, 0.2) is 168 Å². The van der Waals surface area contributed by atoms with Gasteiger partial charge in [0.05, 0.1) is 0 Å². The molecule has 0 bridgehead atoms. The molecule has 0 heterocycles. The summed E-state index contributed by atoms with van der Waals surface area (Å²) in [5.74, 6) is 0. The molecule has 0 radical (unpaired) electrons. The molecule has 2 aromatic rings. The van der Waals surface area contributed by atoms with E-state index in [1.54, 1.807) is 6.08 Å². The minimum Gasteiger partial charge on any atom is -0.315 e. The zero-order valence-electron chi connectivity index (χ0n) is 24.7. The molecular formula is C37H44N2. The van der Waals surface area contributed by atoms with Gasteiger partial charge in [0.15, 0.2) is 0 Å². The second kappa shape index (κ2) is 16.5. The van der Waals surface area contributed by atoms with Crippen molar-refractivity contribution in [1.82, 2.24) is 0 Å². The normalized spacial score (nSPS) is 14.3. The van der Waals surface area contributed by atoms with Crippen LogP contribution in [0.2, 0.25) is 0 Å². The maximum absolute atomic E-state index is 3.83. The van der Waals surface area contributed by atoms with Crippen LogP contribution in [0.4, 0.5) is 11.4 Å². The van der Waals surface area contributed by atoms with E-state index in [9.17, 15) is 0 Å². The Labute approximate surface area is 237 Å². The Hall–Kier alpha value is -4.30. The van der Waals surface area contributed by atoms with E-state index >= 15 is 0 Å². The number of para-hydroxylation sites is 2. The van der Waals surface area contributed by atoms with Crippen molar-refractivity contribution >= 4 is 11.4 Å². The summed E-state index contributed by atoms with van der Waals surface area (Å²) in [6.07, 6.45) is 23.1. The average Bonchev–Trinajstić information content (AvgIpc) is 2.97. The zero-order valence-corrected chi connectivity index (χ0v) is 24.7. The number of rotatable bonds is 12. The molecule has 0 aliphatic heterocycles. The fourth-order valence-corrected chi connectivity index (χ4v) is 4.11. The van der Waals surface area contributed by atoms with Crippen LogP contribution in [0.3, 0.4) is 0 Å². The lowest BCUT2D eigenvalue weighted by Crippen LogP contribution is -2.19. The number of nitrogens with zero attached hydrogens (tertiary/aromatic N) is 2. The summed E-state index contributed by atoms with van der Waals surface area (Å²) in [5, 5.41) is 0. The van der Waals surface area contributed by atoms with Crippen LogP contribution in [0.1, 0.15) is 48.5 Å². The molecule has 0 spiro atoms. The zero-order chi connectivity index (χ0) is 28.6. The van der Waals surface area contributed by atoms with E-state index in [0.29, 0.717) is 0 Å². The first-order chi connectivity index (χ1) is 18.9. The van der Waals surface area contributed by atoms with Gasteiger partial charge in [0.2, 0.25) is 0 Å². The van der Waals surface area contributed by atoms with E-state index in [1.165, 1.54) is 11.1 Å². The molecule has 0 aromatic heterocycles. The molecule has 2 nitrogen and oxygen atoms in total. The van der Waals surface area contributed by atoms with Crippen molar-refractivity contribution in [2.24, 2.45) is 0 Å². The van der Waals surface area contributed by atoms with Crippen molar-refractivity contribution in [2.75, 3.05) is 9.80 Å². The standard InChI is InChI=1S/C37H44N2/c1-9-13-21-35(12-4)39(37-24-18-15-19-25-37)33(8)29-27-31(6)30(5)26-28-32(7)38(34(11-3)20-10-2)36-22-16-14-17-23-36/h9-29H,1H2,2-8H3/b20-10-,21-13-,30-26+,31-27+,32-28+,33-29+,34-11+,35-12+. The van der Waals surface area contributed by atoms with Gasteiger partial charge in [-0.3, -0.25) is 0 Å². The number of anilines is 2. The second-order valence-corrected chi connectivity index (χ2v) is 9.18. The van der Waals surface area contributed by atoms with Gasteiger partial charge in [-0.1, -0.05) is 85.5 Å². The first-order valence-corrected chi connectivity index (χ1v) is 13.5. The van der Waals surface area contributed by atoms with E-state index in [2.05, 4.69) is 161 Å². The van der Waals surface area contributed by atoms with Crippen LogP contribution in [-0.2, 0) is 0 Å². The summed E-state index contributed by atoms with van der Waals surface area (Å²) in [5.41, 5.74) is 9.18. The topological polar surface area (TPSA) is 6.48 Å². The summed E-state index contributed by atoms with van der Waals surface area (Å²) in [7, 11) is 0. The third-order valence-electron chi connectivity index (χ3n) is 6.35. The average molecular weight is 517 g/mol. The van der Waals surface area contributed by atoms with Gasteiger partial charge in [0.25, 0.3) is 0 Å². The Bertz CT molecular complexity index is 1310. The van der Waals surface area contributed by atoms with E-state index in [-0.39, 0.29) is 0 Å². The Morgan fingerprint density at radius 3 is 1.36 bits per heavy atom. The highest BCUT2D eigenvalue weighted by molar-refractivity contribution is 5.62. The van der Waals surface area contributed by atoms with Crippen LogP contribution in [0.5, 0.6) is 0 Å². The van der Waals surface area contributed by atoms with Crippen LogP contribution in [-0.4, -0.2) is 0 Å². The summed E-state index contributed by atoms with van der Waals surface area (Å²) in [6.45, 7) is 18.6. The first kappa shape index (κ1) is 30.9. The molecular weight excluding hydrogens is 472 g/mol. The summed E-state index contributed by atoms with van der Waals surface area (Å²) in [4.78, 5) is 4.53. The van der Waals surface area contributed by atoms with Gasteiger partial charge in [-0.05, 0) is 108 Å². The first-order valence-electron chi connectivity index (χ1n) is 13.5. The molecule has 0 aliphatic carbocycles. The maximum Gasteiger partial charge on any atom is 0.0458 e. The van der Waals surface area contributed by atoms with Gasteiger partial charge in [0.1, 0.15) is 0 Å². The highest BCUT2D eigenvalue weighted by Gasteiger charge is 2.12. The van der Waals surface area contributed by atoms with Crippen molar-refractivity contribution < 1.29 is 0 Å². The monoisotopic (exact) mass is 516 g/mol. The molecule has 0 aliphatic rings. The van der Waals surface area contributed by atoms with Gasteiger partial charge in [-0.25, -0.2) is 0 Å². The third-order valence-corrected chi connectivity index (χ3v) is 6.35. The summed E-state index contributed by atoms with van der Waals surface area (Å²) >= 11 is 0. The molecule has 202 valence electrons. The summed E-state index contributed by atoms with van der Waals surface area (Å²) < 4.78 is 0. The molecule has 0 atom stereocenters. The van der Waals surface area contributed by atoms with Crippen molar-refractivity contribution in [3.63, 3.8) is 0 Å². The third kappa shape index (κ3) is 9.19. The number of allylic oxidation sites excluding steroid dienone is 15. The van der Waals surface area contributed by atoms with Crippen molar-refractivity contribution in [3.05, 3.63) is 168 Å². The molecule has 0 N–H and O–H groups in total. The SMILES string of the molecule is C=C/C=C\C(=C/C)N(/C(C)=C/C=C(C)/C(C)=C/C=C(\C)N(C(/C=C\C)=C/C)c1ccccc1)c1ccccc1. The van der Waals surface area contributed by atoms with E-state index < -0.39 is 0 Å². The Morgan fingerprint density at radius 1 is 0.590 bits per heavy atom. The minimum atomic E-state index is 1.09. The lowest BCUT2D eigenvalue weighted by molar-refractivity contribution is 1.09. The number of hydrogen-bond acceptors (Lipinski definition) is 2. The maximum atomic E-state index is 3.83. The van der Waals surface area contributed by atoms with Crippen LogP contribution in [0, 0.1) is 0 Å². The molecule has 0 fully saturated rings. The molecule has 0 unspecified atom stereocenters. The molecule has 0 amide bonds. The molecule has 2 aromatic carbocycles. The van der Waals surface area contributed by atoms with Crippen LogP contribution >= 0.6 is 0 Å². The predicted molar refractivity (Wildman–Crippen MR) is 175 cm³/mol. The molecule has 2 heteroatoms. The quantitative estimate of drug-likeness (QED) is 0.259. The van der Waals surface area contributed by atoms with E-state index in [0.717, 1.165) is 34.2 Å². The van der Waals surface area contributed by atoms with Crippen molar-refractivity contribution in [3.8, 4) is 0 Å². The fourth-order valence-electron chi connectivity index (χ4n) is 4.11. The van der Waals surface area contributed by atoms with Crippen LogP contribution in [0.25, 0.3) is 0 Å². The largest absolute Gasteiger partial charge is 0.315 e. The predicted octanol–water partition coefficient (Wildman–Crippen LogP) is 10.8. The molecule has 0 saturated heterocycles. The van der Waals surface area contributed by atoms with Gasteiger partial charge in [-0.15, -0.1) is 0 Å². The lowest BCUT2D eigenvalue weighted by atomic mass is 10.1. The lowest BCUT2D eigenvalue weighted by Gasteiger charge is -2.27. The fraction of sp³-hybridized carbons (Fsp3) is 0.189. The summed E-state index contributed by atoms with van der Waals surface area (Å²) in [6, 6.07) is 20.9. The minimum absolute atomic E-state index is 1.09. The van der Waals surface area contributed by atoms with Gasteiger partial charge < -0.3 is 9.80 Å². The van der Waals surface area contributed by atoms with Crippen molar-refractivity contribution in [1.29, 1.82) is 0 Å².